The summed E-state index contributed by atoms with van der Waals surface area (Å²) in [5.41, 5.74) is 0. The largest absolute Gasteiger partial charge is 0.345 e. The van der Waals surface area contributed by atoms with Crippen LogP contribution >= 0.6 is 0 Å². The van der Waals surface area contributed by atoms with Crippen molar-refractivity contribution in [3.63, 3.8) is 0 Å². The zero-order chi connectivity index (χ0) is 12.5. The van der Waals surface area contributed by atoms with Crippen LogP contribution in [0.4, 0.5) is 0 Å². The van der Waals surface area contributed by atoms with Crippen LogP contribution in [-0.2, 0) is 9.59 Å². The molecule has 1 heterocycles. The van der Waals surface area contributed by atoms with Crippen LogP contribution in [-0.4, -0.2) is 35.3 Å². The van der Waals surface area contributed by atoms with Crippen LogP contribution in [0.1, 0.15) is 51.4 Å². The van der Waals surface area contributed by atoms with E-state index in [9.17, 15) is 9.59 Å². The number of hydrogen-bond donors (Lipinski definition) is 1. The molecular weight excluding hydrogens is 228 g/mol. The number of rotatable bonds is 1. The first-order chi connectivity index (χ1) is 8.75. The van der Waals surface area contributed by atoms with Gasteiger partial charge in [-0.1, -0.05) is 25.7 Å². The average molecular weight is 250 g/mol. The van der Waals surface area contributed by atoms with Gasteiger partial charge in [-0.25, -0.2) is 0 Å². The molecule has 0 aromatic rings. The summed E-state index contributed by atoms with van der Waals surface area (Å²) in [4.78, 5) is 25.8. The van der Waals surface area contributed by atoms with Crippen LogP contribution in [0, 0.1) is 5.92 Å². The highest BCUT2D eigenvalue weighted by Gasteiger charge is 2.46. The van der Waals surface area contributed by atoms with Gasteiger partial charge in [0.15, 0.2) is 0 Å². The van der Waals surface area contributed by atoms with Crippen molar-refractivity contribution in [2.75, 3.05) is 6.54 Å². The minimum atomic E-state index is -0.368. The van der Waals surface area contributed by atoms with Gasteiger partial charge >= 0.3 is 11.8 Å². The highest BCUT2D eigenvalue weighted by Crippen LogP contribution is 2.38. The van der Waals surface area contributed by atoms with E-state index in [4.69, 9.17) is 0 Å². The van der Waals surface area contributed by atoms with Crippen molar-refractivity contribution >= 4 is 11.8 Å². The monoisotopic (exact) mass is 250 g/mol. The van der Waals surface area contributed by atoms with Crippen LogP contribution in [0.5, 0.6) is 0 Å². The van der Waals surface area contributed by atoms with Crippen molar-refractivity contribution in [2.24, 2.45) is 5.92 Å². The van der Waals surface area contributed by atoms with Gasteiger partial charge in [0.25, 0.3) is 0 Å². The summed E-state index contributed by atoms with van der Waals surface area (Å²) in [6, 6.07) is 0.602. The number of carbonyl (C=O) groups excluding carboxylic acids is 2. The van der Waals surface area contributed by atoms with Crippen LogP contribution in [0.2, 0.25) is 0 Å². The highest BCUT2D eigenvalue weighted by molar-refractivity contribution is 6.35. The third kappa shape index (κ3) is 2.13. The Morgan fingerprint density at radius 2 is 1.72 bits per heavy atom. The molecule has 0 spiro atoms. The molecule has 0 radical (unpaired) electrons. The Bertz CT molecular complexity index is 350. The Morgan fingerprint density at radius 3 is 2.44 bits per heavy atom. The topological polar surface area (TPSA) is 49.4 Å². The number of amides is 2. The minimum Gasteiger partial charge on any atom is -0.345 e. The zero-order valence-electron chi connectivity index (χ0n) is 10.9. The third-order valence-electron chi connectivity index (χ3n) is 4.85. The molecule has 0 aromatic heterocycles. The predicted octanol–water partition coefficient (Wildman–Crippen LogP) is 1.45. The molecule has 2 atom stereocenters. The maximum absolute atomic E-state index is 12.1. The minimum absolute atomic E-state index is 0.232. The number of hydrogen-bond acceptors (Lipinski definition) is 2. The number of nitrogens with zero attached hydrogens (tertiary/aromatic N) is 1. The first-order valence-corrected chi connectivity index (χ1v) is 7.37. The van der Waals surface area contributed by atoms with Crippen molar-refractivity contribution in [1.82, 2.24) is 10.2 Å². The Labute approximate surface area is 108 Å². The summed E-state index contributed by atoms with van der Waals surface area (Å²) in [6.45, 7) is 0.807. The van der Waals surface area contributed by atoms with Gasteiger partial charge in [-0.3, -0.25) is 9.59 Å². The van der Waals surface area contributed by atoms with E-state index in [-0.39, 0.29) is 17.9 Å². The number of nitrogens with one attached hydrogen (secondary N) is 1. The molecular formula is C14H22N2O2. The third-order valence-corrected chi connectivity index (χ3v) is 4.85. The summed E-state index contributed by atoms with van der Waals surface area (Å²) in [5, 5.41) is 2.92. The van der Waals surface area contributed by atoms with Gasteiger partial charge in [-0.05, 0) is 31.6 Å². The molecule has 1 N–H and O–H groups in total. The van der Waals surface area contributed by atoms with Crippen molar-refractivity contribution in [2.45, 2.75) is 63.5 Å². The summed E-state index contributed by atoms with van der Waals surface area (Å²) in [7, 11) is 0. The smallest absolute Gasteiger partial charge is 0.312 e. The van der Waals surface area contributed by atoms with E-state index < -0.39 is 0 Å². The molecule has 2 aliphatic carbocycles. The first-order valence-electron chi connectivity index (χ1n) is 7.37. The van der Waals surface area contributed by atoms with Gasteiger partial charge < -0.3 is 10.2 Å². The predicted molar refractivity (Wildman–Crippen MR) is 67.9 cm³/mol. The fourth-order valence-electron chi connectivity index (χ4n) is 3.75. The molecule has 0 bridgehead atoms. The van der Waals surface area contributed by atoms with Crippen LogP contribution in [0.3, 0.4) is 0 Å². The van der Waals surface area contributed by atoms with Crippen molar-refractivity contribution in [3.05, 3.63) is 0 Å². The molecule has 2 saturated carbocycles. The molecule has 3 aliphatic rings. The Morgan fingerprint density at radius 1 is 0.944 bits per heavy atom. The first kappa shape index (κ1) is 12.0. The SMILES string of the molecule is O=C(NC1CCCCC1)C(=O)N1CC2CCCC21. The lowest BCUT2D eigenvalue weighted by atomic mass is 9.91. The lowest BCUT2D eigenvalue weighted by Gasteiger charge is -2.44. The molecule has 0 aromatic carbocycles. The fraction of sp³-hybridized carbons (Fsp3) is 0.857. The van der Waals surface area contributed by atoms with E-state index >= 15 is 0 Å². The Balaban J connectivity index is 1.51. The summed E-state index contributed by atoms with van der Waals surface area (Å²) < 4.78 is 0. The summed E-state index contributed by atoms with van der Waals surface area (Å²) >= 11 is 0. The van der Waals surface area contributed by atoms with Crippen molar-refractivity contribution in [3.8, 4) is 0 Å². The molecule has 4 nitrogen and oxygen atoms in total. The summed E-state index contributed by atoms with van der Waals surface area (Å²) in [6.07, 6.45) is 9.21. The van der Waals surface area contributed by atoms with E-state index in [0.717, 1.165) is 25.8 Å². The average Bonchev–Trinajstić information content (AvgIpc) is 2.72. The molecule has 1 aliphatic heterocycles. The molecule has 2 unspecified atom stereocenters. The summed E-state index contributed by atoms with van der Waals surface area (Å²) in [5.74, 6) is 0.0207. The maximum Gasteiger partial charge on any atom is 0.312 e. The van der Waals surface area contributed by atoms with E-state index in [1.165, 1.54) is 32.1 Å². The molecule has 1 saturated heterocycles. The molecule has 4 heteroatoms. The van der Waals surface area contributed by atoms with E-state index in [1.54, 1.807) is 4.90 Å². The van der Waals surface area contributed by atoms with Crippen molar-refractivity contribution in [1.29, 1.82) is 0 Å². The van der Waals surface area contributed by atoms with Gasteiger partial charge in [0.2, 0.25) is 0 Å². The lowest BCUT2D eigenvalue weighted by Crippen LogP contribution is -2.60. The molecule has 2 amide bonds. The van der Waals surface area contributed by atoms with Gasteiger partial charge in [0, 0.05) is 18.6 Å². The van der Waals surface area contributed by atoms with Crippen molar-refractivity contribution < 1.29 is 9.59 Å². The molecule has 3 fully saturated rings. The Kier molecular flexibility index (Phi) is 3.27. The van der Waals surface area contributed by atoms with Crippen LogP contribution < -0.4 is 5.32 Å². The maximum atomic E-state index is 12.1. The molecule has 18 heavy (non-hydrogen) atoms. The Hall–Kier alpha value is -1.06. The van der Waals surface area contributed by atoms with Crippen LogP contribution in [0.15, 0.2) is 0 Å². The van der Waals surface area contributed by atoms with E-state index in [0.29, 0.717) is 12.0 Å². The second-order valence-electron chi connectivity index (χ2n) is 6.02. The highest BCUT2D eigenvalue weighted by atomic mass is 16.2. The standard InChI is InChI=1S/C14H22N2O2/c17-13(15-11-6-2-1-3-7-11)14(18)16-9-10-5-4-8-12(10)16/h10-12H,1-9H2,(H,15,17). The second-order valence-corrected chi connectivity index (χ2v) is 6.02. The quantitative estimate of drug-likeness (QED) is 0.716. The fourth-order valence-corrected chi connectivity index (χ4v) is 3.75. The van der Waals surface area contributed by atoms with Gasteiger partial charge in [0.05, 0.1) is 0 Å². The lowest BCUT2D eigenvalue weighted by molar-refractivity contribution is -0.153. The number of fused-ring (bicyclic) bond motifs is 1. The van der Waals surface area contributed by atoms with Gasteiger partial charge in [-0.15, -0.1) is 0 Å². The van der Waals surface area contributed by atoms with E-state index in [1.807, 2.05) is 0 Å². The van der Waals surface area contributed by atoms with Gasteiger partial charge in [0.1, 0.15) is 0 Å². The normalized spacial score (nSPS) is 31.7. The number of carbonyl (C=O) groups is 2. The molecule has 100 valence electrons. The van der Waals surface area contributed by atoms with E-state index in [2.05, 4.69) is 5.32 Å². The van der Waals surface area contributed by atoms with Crippen LogP contribution in [0.25, 0.3) is 0 Å². The number of likely N-dealkylation sites (tertiary alicyclic amines) is 1. The van der Waals surface area contributed by atoms with Gasteiger partial charge in [-0.2, -0.15) is 0 Å². The molecule has 3 rings (SSSR count). The second kappa shape index (κ2) is 4.90. The zero-order valence-corrected chi connectivity index (χ0v) is 10.9.